The van der Waals surface area contributed by atoms with E-state index in [2.05, 4.69) is 15.5 Å². The van der Waals surface area contributed by atoms with Gasteiger partial charge in [-0.3, -0.25) is 4.79 Å². The number of carbonyl (C=O) groups is 1. The second-order valence-electron chi connectivity index (χ2n) is 4.03. The first-order valence-electron chi connectivity index (χ1n) is 5.69. The Bertz CT molecular complexity index is 393. The molecule has 2 N–H and O–H groups in total. The van der Waals surface area contributed by atoms with E-state index >= 15 is 0 Å². The molecule has 17 heavy (non-hydrogen) atoms. The van der Waals surface area contributed by atoms with Crippen LogP contribution in [0, 0.1) is 0 Å². The van der Waals surface area contributed by atoms with E-state index in [4.69, 9.17) is 0 Å². The smallest absolute Gasteiger partial charge is 0.274 e. The maximum Gasteiger partial charge on any atom is 0.274 e. The van der Waals surface area contributed by atoms with Crippen LogP contribution in [-0.2, 0) is 0 Å². The topological polar surface area (TPSA) is 78.4 Å². The molecule has 1 amide bonds. The van der Waals surface area contributed by atoms with Crippen molar-refractivity contribution >= 4 is 11.7 Å². The van der Waals surface area contributed by atoms with Crippen LogP contribution in [0.4, 0.5) is 5.82 Å². The fraction of sp³-hybridized carbons (Fsp3) is 0.545. The van der Waals surface area contributed by atoms with Crippen molar-refractivity contribution in [3.63, 3.8) is 0 Å². The molecule has 0 spiro atoms. The van der Waals surface area contributed by atoms with E-state index in [-0.39, 0.29) is 18.6 Å². The predicted octanol–water partition coefficient (Wildman–Crippen LogP) is 0.115. The van der Waals surface area contributed by atoms with Gasteiger partial charge in [-0.1, -0.05) is 0 Å². The lowest BCUT2D eigenvalue weighted by Gasteiger charge is -2.22. The normalized spacial score (nSPS) is 19.4. The molecule has 2 rings (SSSR count). The van der Waals surface area contributed by atoms with Crippen LogP contribution in [0.15, 0.2) is 12.1 Å². The number of aliphatic hydroxyl groups is 1. The Kier molecular flexibility index (Phi) is 3.53. The minimum atomic E-state index is -0.156. The minimum Gasteiger partial charge on any atom is -0.394 e. The number of hydrogen-bond acceptors (Lipinski definition) is 5. The Balaban J connectivity index is 2.13. The van der Waals surface area contributed by atoms with E-state index in [1.165, 1.54) is 0 Å². The van der Waals surface area contributed by atoms with Crippen LogP contribution in [0.1, 0.15) is 23.3 Å². The number of hydrogen-bond donors (Lipinski definition) is 2. The maximum absolute atomic E-state index is 12.1. The number of aromatic nitrogens is 2. The zero-order valence-electron chi connectivity index (χ0n) is 9.76. The predicted molar refractivity (Wildman–Crippen MR) is 62.7 cm³/mol. The van der Waals surface area contributed by atoms with Gasteiger partial charge >= 0.3 is 0 Å². The van der Waals surface area contributed by atoms with Gasteiger partial charge in [0.1, 0.15) is 5.82 Å². The molecule has 0 saturated carbocycles. The molecule has 6 heteroatoms. The van der Waals surface area contributed by atoms with Crippen molar-refractivity contribution in [3.8, 4) is 0 Å². The van der Waals surface area contributed by atoms with Gasteiger partial charge in [0, 0.05) is 13.6 Å². The zero-order chi connectivity index (χ0) is 12.3. The molecule has 6 nitrogen and oxygen atoms in total. The summed E-state index contributed by atoms with van der Waals surface area (Å²) in [5.74, 6) is 0.471. The quantitative estimate of drug-likeness (QED) is 0.779. The molecule has 0 aliphatic carbocycles. The largest absolute Gasteiger partial charge is 0.394 e. The number of nitrogens with one attached hydrogen (secondary N) is 1. The van der Waals surface area contributed by atoms with Gasteiger partial charge in [-0.25, -0.2) is 0 Å². The summed E-state index contributed by atoms with van der Waals surface area (Å²) >= 11 is 0. The van der Waals surface area contributed by atoms with Gasteiger partial charge in [0.2, 0.25) is 0 Å². The second-order valence-corrected chi connectivity index (χ2v) is 4.03. The highest BCUT2D eigenvalue weighted by molar-refractivity contribution is 5.92. The maximum atomic E-state index is 12.1. The monoisotopic (exact) mass is 236 g/mol. The highest BCUT2D eigenvalue weighted by Crippen LogP contribution is 2.18. The summed E-state index contributed by atoms with van der Waals surface area (Å²) < 4.78 is 0. The lowest BCUT2D eigenvalue weighted by Crippen LogP contribution is -2.38. The highest BCUT2D eigenvalue weighted by Gasteiger charge is 2.29. The van der Waals surface area contributed by atoms with Crippen LogP contribution < -0.4 is 5.32 Å². The summed E-state index contributed by atoms with van der Waals surface area (Å²) in [6.07, 6.45) is 1.78. The molecule has 1 fully saturated rings. The van der Waals surface area contributed by atoms with Crippen LogP contribution in [-0.4, -0.2) is 52.4 Å². The molecule has 2 heterocycles. The molecule has 1 aromatic heterocycles. The molecule has 1 atom stereocenters. The summed E-state index contributed by atoms with van der Waals surface area (Å²) in [7, 11) is 1.74. The van der Waals surface area contributed by atoms with Crippen molar-refractivity contribution in [2.75, 3.05) is 25.5 Å². The number of amides is 1. The van der Waals surface area contributed by atoms with Crippen LogP contribution in [0.3, 0.4) is 0 Å². The van der Waals surface area contributed by atoms with Gasteiger partial charge in [0.05, 0.1) is 12.6 Å². The van der Waals surface area contributed by atoms with Gasteiger partial charge < -0.3 is 15.3 Å². The first-order chi connectivity index (χ1) is 8.26. The Morgan fingerprint density at radius 3 is 3.00 bits per heavy atom. The minimum absolute atomic E-state index is 0.00771. The molecule has 1 unspecified atom stereocenters. The van der Waals surface area contributed by atoms with E-state index in [1.807, 2.05) is 0 Å². The molecule has 0 aromatic carbocycles. The summed E-state index contributed by atoms with van der Waals surface area (Å²) in [4.78, 5) is 13.8. The number of anilines is 1. The number of rotatable bonds is 3. The third-order valence-electron chi connectivity index (χ3n) is 2.99. The Hall–Kier alpha value is -1.69. The Labute approximate surface area is 99.7 Å². The first-order valence-corrected chi connectivity index (χ1v) is 5.69. The molecular formula is C11H16N4O2. The van der Waals surface area contributed by atoms with E-state index in [0.717, 1.165) is 12.8 Å². The van der Waals surface area contributed by atoms with Crippen LogP contribution in [0.5, 0.6) is 0 Å². The molecule has 1 aromatic rings. The lowest BCUT2D eigenvalue weighted by atomic mass is 10.2. The Morgan fingerprint density at radius 1 is 1.59 bits per heavy atom. The summed E-state index contributed by atoms with van der Waals surface area (Å²) in [6.45, 7) is 0.688. The fourth-order valence-corrected chi connectivity index (χ4v) is 2.02. The number of aliphatic hydroxyl groups excluding tert-OH is 1. The van der Waals surface area contributed by atoms with E-state index < -0.39 is 0 Å². The molecule has 0 bridgehead atoms. The average molecular weight is 236 g/mol. The molecule has 1 aliphatic rings. The van der Waals surface area contributed by atoms with Crippen molar-refractivity contribution in [3.05, 3.63) is 17.8 Å². The first kappa shape index (κ1) is 11.8. The molecule has 1 saturated heterocycles. The van der Waals surface area contributed by atoms with Gasteiger partial charge in [-0.2, -0.15) is 0 Å². The number of carbonyl (C=O) groups excluding carboxylic acids is 1. The molecule has 0 radical (unpaired) electrons. The van der Waals surface area contributed by atoms with Crippen molar-refractivity contribution in [1.29, 1.82) is 0 Å². The second kappa shape index (κ2) is 5.09. The van der Waals surface area contributed by atoms with E-state index in [9.17, 15) is 9.90 Å². The van der Waals surface area contributed by atoms with E-state index in [1.54, 1.807) is 24.1 Å². The molecular weight excluding hydrogens is 220 g/mol. The van der Waals surface area contributed by atoms with Gasteiger partial charge in [-0.05, 0) is 25.0 Å². The van der Waals surface area contributed by atoms with Crippen LogP contribution >= 0.6 is 0 Å². The fourth-order valence-electron chi connectivity index (χ4n) is 2.02. The van der Waals surface area contributed by atoms with Gasteiger partial charge in [0.25, 0.3) is 5.91 Å². The van der Waals surface area contributed by atoms with Crippen molar-refractivity contribution in [1.82, 2.24) is 15.1 Å². The molecule has 92 valence electrons. The van der Waals surface area contributed by atoms with Gasteiger partial charge in [-0.15, -0.1) is 10.2 Å². The SMILES string of the molecule is CNc1ccc(C(=O)N2CCCC2CO)nn1. The molecule has 1 aliphatic heterocycles. The van der Waals surface area contributed by atoms with Crippen LogP contribution in [0.2, 0.25) is 0 Å². The summed E-state index contributed by atoms with van der Waals surface area (Å²) in [5, 5.41) is 19.8. The number of likely N-dealkylation sites (tertiary alicyclic amines) is 1. The van der Waals surface area contributed by atoms with Crippen molar-refractivity contribution in [2.24, 2.45) is 0 Å². The Morgan fingerprint density at radius 2 is 2.41 bits per heavy atom. The summed E-state index contributed by atoms with van der Waals surface area (Å²) in [5.41, 5.74) is 0.323. The third-order valence-corrected chi connectivity index (χ3v) is 2.99. The standard InChI is InChI=1S/C11H16N4O2/c1-12-10-5-4-9(13-14-10)11(17)15-6-2-3-8(15)7-16/h4-5,8,16H,2-3,6-7H2,1H3,(H,12,14). The summed E-state index contributed by atoms with van der Waals surface area (Å²) in [6, 6.07) is 3.28. The van der Waals surface area contributed by atoms with Crippen molar-refractivity contribution in [2.45, 2.75) is 18.9 Å². The highest BCUT2D eigenvalue weighted by atomic mass is 16.3. The van der Waals surface area contributed by atoms with Crippen LogP contribution in [0.25, 0.3) is 0 Å². The zero-order valence-corrected chi connectivity index (χ0v) is 9.76. The van der Waals surface area contributed by atoms with E-state index in [0.29, 0.717) is 18.1 Å². The third kappa shape index (κ3) is 2.36. The van der Waals surface area contributed by atoms with Gasteiger partial charge in [0.15, 0.2) is 5.69 Å². The number of nitrogens with zero attached hydrogens (tertiary/aromatic N) is 3. The van der Waals surface area contributed by atoms with Crippen molar-refractivity contribution < 1.29 is 9.90 Å². The lowest BCUT2D eigenvalue weighted by molar-refractivity contribution is 0.0670. The average Bonchev–Trinajstić information content (AvgIpc) is 2.86.